The second kappa shape index (κ2) is 14.2. The standard InChI is InChI=1S/C41H70O9/c1-24(10-9-16-37(2,3)46)27-15-17-41(8)32-13-11-28-29(39(32,6)18-19-40(27,41)7)12-14-33(38(28,4)5)50-36-34(45)30(43)21-26(49-36)23-48-35-31(44)20-25(42)22-47-35/h11,24-27,29-36,42-46H,9-10,12-23H2,1-8H3/t24-,25+,26+,27?,29?,30+,31-,32?,33+,34-,35-,36+,39+,40-,41+/m1/s1. The highest BCUT2D eigenvalue weighted by Gasteiger charge is 2.67. The van der Waals surface area contributed by atoms with Crippen LogP contribution in [-0.2, 0) is 18.9 Å². The summed E-state index contributed by atoms with van der Waals surface area (Å²) in [5.74, 6) is 2.52. The molecule has 288 valence electrons. The quantitative estimate of drug-likeness (QED) is 0.177. The Hall–Kier alpha value is -0.620. The summed E-state index contributed by atoms with van der Waals surface area (Å²) < 4.78 is 24.1. The van der Waals surface area contributed by atoms with Crippen LogP contribution in [0.4, 0.5) is 0 Å². The molecule has 9 heteroatoms. The molecule has 2 saturated heterocycles. The lowest BCUT2D eigenvalue weighted by Gasteiger charge is -2.66. The Kier molecular flexibility index (Phi) is 11.1. The van der Waals surface area contributed by atoms with Crippen molar-refractivity contribution in [3.63, 3.8) is 0 Å². The van der Waals surface area contributed by atoms with Gasteiger partial charge >= 0.3 is 0 Å². The van der Waals surface area contributed by atoms with E-state index in [1.165, 1.54) is 37.7 Å². The highest BCUT2D eigenvalue weighted by molar-refractivity contribution is 5.30. The number of aliphatic hydroxyl groups is 5. The Morgan fingerprint density at radius 3 is 2.36 bits per heavy atom. The van der Waals surface area contributed by atoms with Crippen LogP contribution in [0.25, 0.3) is 0 Å². The molecule has 6 aliphatic rings. The molecular weight excluding hydrogens is 636 g/mol. The maximum absolute atomic E-state index is 11.0. The molecule has 3 unspecified atom stereocenters. The van der Waals surface area contributed by atoms with Crippen molar-refractivity contribution in [2.24, 2.45) is 45.3 Å². The second-order valence-electron chi connectivity index (χ2n) is 19.5. The van der Waals surface area contributed by atoms with Crippen LogP contribution in [0.3, 0.4) is 0 Å². The van der Waals surface area contributed by atoms with Crippen LogP contribution in [0.1, 0.15) is 132 Å². The molecule has 0 aromatic rings. The molecule has 5 N–H and O–H groups in total. The van der Waals surface area contributed by atoms with E-state index in [9.17, 15) is 25.5 Å². The van der Waals surface area contributed by atoms with Gasteiger partial charge in [-0.25, -0.2) is 0 Å². The Balaban J connectivity index is 1.12. The normalized spacial score (nSPS) is 48.3. The van der Waals surface area contributed by atoms with Crippen LogP contribution < -0.4 is 0 Å². The molecule has 15 atom stereocenters. The third-order valence-corrected chi connectivity index (χ3v) is 15.5. The van der Waals surface area contributed by atoms with Crippen molar-refractivity contribution in [3.8, 4) is 0 Å². The average molecular weight is 707 g/mol. The summed E-state index contributed by atoms with van der Waals surface area (Å²) in [5.41, 5.74) is 1.48. The zero-order valence-electron chi connectivity index (χ0n) is 32.3. The summed E-state index contributed by atoms with van der Waals surface area (Å²) in [6.07, 6.45) is 7.78. The predicted molar refractivity (Wildman–Crippen MR) is 191 cm³/mol. The van der Waals surface area contributed by atoms with Crippen molar-refractivity contribution in [2.75, 3.05) is 13.2 Å². The fourth-order valence-corrected chi connectivity index (χ4v) is 12.4. The third kappa shape index (κ3) is 7.03. The first kappa shape index (κ1) is 39.1. The van der Waals surface area contributed by atoms with Gasteiger partial charge in [0.2, 0.25) is 0 Å². The Morgan fingerprint density at radius 2 is 1.66 bits per heavy atom. The molecule has 9 nitrogen and oxygen atoms in total. The monoisotopic (exact) mass is 707 g/mol. The number of aliphatic hydroxyl groups excluding tert-OH is 4. The molecule has 6 rings (SSSR count). The van der Waals surface area contributed by atoms with Crippen molar-refractivity contribution in [2.45, 2.75) is 187 Å². The van der Waals surface area contributed by atoms with Crippen LogP contribution in [0, 0.1) is 45.3 Å². The summed E-state index contributed by atoms with van der Waals surface area (Å²) >= 11 is 0. The van der Waals surface area contributed by atoms with E-state index >= 15 is 0 Å². The molecule has 0 bridgehead atoms. The fourth-order valence-electron chi connectivity index (χ4n) is 12.4. The van der Waals surface area contributed by atoms with Crippen molar-refractivity contribution < 1.29 is 44.5 Å². The largest absolute Gasteiger partial charge is 0.391 e. The van der Waals surface area contributed by atoms with Gasteiger partial charge in [0, 0.05) is 18.3 Å². The minimum Gasteiger partial charge on any atom is -0.391 e. The van der Waals surface area contributed by atoms with Gasteiger partial charge in [-0.15, -0.1) is 0 Å². The van der Waals surface area contributed by atoms with Gasteiger partial charge in [-0.05, 0) is 105 Å². The Labute approximate surface area is 301 Å². The van der Waals surface area contributed by atoms with Crippen LogP contribution in [0.2, 0.25) is 0 Å². The van der Waals surface area contributed by atoms with E-state index in [1.54, 1.807) is 0 Å². The average Bonchev–Trinajstić information content (AvgIpc) is 3.30. The molecule has 5 fully saturated rings. The lowest BCUT2D eigenvalue weighted by molar-refractivity contribution is -0.308. The Morgan fingerprint density at radius 1 is 0.920 bits per heavy atom. The summed E-state index contributed by atoms with van der Waals surface area (Å²) in [4.78, 5) is 0. The molecular formula is C41H70O9. The van der Waals surface area contributed by atoms with E-state index < -0.39 is 48.7 Å². The molecule has 0 radical (unpaired) electrons. The fraction of sp³-hybridized carbons (Fsp3) is 0.951. The first-order chi connectivity index (χ1) is 23.3. The van der Waals surface area contributed by atoms with E-state index in [4.69, 9.17) is 18.9 Å². The van der Waals surface area contributed by atoms with Gasteiger partial charge in [-0.1, -0.05) is 66.0 Å². The molecule has 0 aromatic carbocycles. The summed E-state index contributed by atoms with van der Waals surface area (Å²) in [6.45, 7) is 18.9. The molecule has 0 aromatic heterocycles. The van der Waals surface area contributed by atoms with Crippen LogP contribution in [0.5, 0.6) is 0 Å². The minimum absolute atomic E-state index is 0.0701. The minimum atomic E-state index is -1.17. The zero-order valence-corrected chi connectivity index (χ0v) is 32.3. The van der Waals surface area contributed by atoms with Gasteiger partial charge in [-0.2, -0.15) is 0 Å². The highest BCUT2D eigenvalue weighted by Crippen LogP contribution is 2.75. The van der Waals surface area contributed by atoms with Crippen LogP contribution in [0.15, 0.2) is 11.6 Å². The molecule has 2 heterocycles. The van der Waals surface area contributed by atoms with Gasteiger partial charge in [0.25, 0.3) is 0 Å². The number of ether oxygens (including phenoxy) is 4. The van der Waals surface area contributed by atoms with Crippen LogP contribution in [-0.4, -0.2) is 93.6 Å². The molecule has 4 aliphatic carbocycles. The van der Waals surface area contributed by atoms with Gasteiger partial charge in [0.1, 0.15) is 12.2 Å². The predicted octanol–water partition coefficient (Wildman–Crippen LogP) is 5.88. The van der Waals surface area contributed by atoms with E-state index in [2.05, 4.69) is 47.6 Å². The van der Waals surface area contributed by atoms with E-state index in [0.29, 0.717) is 28.6 Å². The number of allylic oxidation sites excluding steroid dienone is 1. The first-order valence-corrected chi connectivity index (χ1v) is 20.0. The number of hydrogen-bond donors (Lipinski definition) is 5. The summed E-state index contributed by atoms with van der Waals surface area (Å²) in [7, 11) is 0. The van der Waals surface area contributed by atoms with Gasteiger partial charge in [0.05, 0.1) is 43.2 Å². The van der Waals surface area contributed by atoms with E-state index in [0.717, 1.165) is 38.0 Å². The van der Waals surface area contributed by atoms with E-state index in [-0.39, 0.29) is 43.0 Å². The van der Waals surface area contributed by atoms with Crippen molar-refractivity contribution >= 4 is 0 Å². The van der Waals surface area contributed by atoms with Gasteiger partial charge in [-0.3, -0.25) is 0 Å². The SMILES string of the molecule is C[C@H](CCCC(C)(C)O)C1CC[C@@]2(C)C3CC=C4C(CC[C@H](O[C@@H]5O[C@H](CO[C@H]6OC[C@@H](O)C[C@H]6O)C[C@H](O)[C@H]5O)C4(C)C)[C@]3(C)CC[C@]12C. The number of hydrogen-bond acceptors (Lipinski definition) is 9. The van der Waals surface area contributed by atoms with Gasteiger partial charge in [0.15, 0.2) is 12.6 Å². The molecule has 0 spiro atoms. The van der Waals surface area contributed by atoms with Gasteiger partial charge < -0.3 is 44.5 Å². The lowest BCUT2D eigenvalue weighted by atomic mass is 9.39. The maximum atomic E-state index is 11.0. The van der Waals surface area contributed by atoms with Crippen molar-refractivity contribution in [1.29, 1.82) is 0 Å². The zero-order chi connectivity index (χ0) is 36.4. The summed E-state index contributed by atoms with van der Waals surface area (Å²) in [6, 6.07) is 0. The van der Waals surface area contributed by atoms with E-state index in [1.807, 2.05) is 13.8 Å². The second-order valence-corrected chi connectivity index (χ2v) is 19.5. The van der Waals surface area contributed by atoms with Crippen molar-refractivity contribution in [3.05, 3.63) is 11.6 Å². The molecule has 3 saturated carbocycles. The Bertz CT molecular complexity index is 1210. The third-order valence-electron chi connectivity index (χ3n) is 15.5. The molecule has 50 heavy (non-hydrogen) atoms. The topological polar surface area (TPSA) is 138 Å². The lowest BCUT2D eigenvalue weighted by Crippen LogP contribution is -2.60. The number of fused-ring (bicyclic) bond motifs is 5. The smallest absolute Gasteiger partial charge is 0.186 e. The van der Waals surface area contributed by atoms with Crippen molar-refractivity contribution in [1.82, 2.24) is 0 Å². The highest BCUT2D eigenvalue weighted by atomic mass is 16.7. The molecule has 2 aliphatic heterocycles. The molecule has 0 amide bonds. The number of rotatable bonds is 10. The van der Waals surface area contributed by atoms with Crippen LogP contribution >= 0.6 is 0 Å². The first-order valence-electron chi connectivity index (χ1n) is 20.0. The maximum Gasteiger partial charge on any atom is 0.186 e. The summed E-state index contributed by atoms with van der Waals surface area (Å²) in [5, 5.41) is 52.1.